The predicted molar refractivity (Wildman–Crippen MR) is 56.6 cm³/mol. The Hall–Kier alpha value is -0.0100. The van der Waals surface area contributed by atoms with Crippen LogP contribution in [0.25, 0.3) is 0 Å². The fourth-order valence-corrected chi connectivity index (χ4v) is 1.17. The Bertz CT molecular complexity index is 112. The lowest BCUT2D eigenvalue weighted by molar-refractivity contribution is 0.599. The Kier molecular flexibility index (Phi) is 9.07. The highest BCUT2D eigenvalue weighted by Gasteiger charge is 1.89. The lowest BCUT2D eigenvalue weighted by Gasteiger charge is -2.02. The zero-order valence-electron chi connectivity index (χ0n) is 8.03. The highest BCUT2D eigenvalue weighted by molar-refractivity contribution is 6.29. The molecular formula is C10H20ClN. The Morgan fingerprint density at radius 1 is 1.25 bits per heavy atom. The number of hydrogen-bond donors (Lipinski definition) is 1. The third-order valence-corrected chi connectivity index (χ3v) is 1.91. The Morgan fingerprint density at radius 3 is 2.50 bits per heavy atom. The molecule has 0 atom stereocenters. The molecule has 0 aromatic heterocycles. The molecule has 0 aliphatic carbocycles. The van der Waals surface area contributed by atoms with Crippen molar-refractivity contribution in [3.63, 3.8) is 0 Å². The normalized spacial score (nSPS) is 10.2. The van der Waals surface area contributed by atoms with Gasteiger partial charge < -0.3 is 5.32 Å². The number of hydrogen-bond acceptors (Lipinski definition) is 1. The third-order valence-electron chi connectivity index (χ3n) is 1.77. The SMILES string of the molecule is C=C(Cl)CNCCCCCCC. The van der Waals surface area contributed by atoms with E-state index in [1.54, 1.807) is 0 Å². The molecule has 0 rings (SSSR count). The van der Waals surface area contributed by atoms with Crippen molar-refractivity contribution in [1.82, 2.24) is 5.32 Å². The van der Waals surface area contributed by atoms with Crippen molar-refractivity contribution < 1.29 is 0 Å². The fourth-order valence-electron chi connectivity index (χ4n) is 1.08. The molecule has 0 amide bonds. The van der Waals surface area contributed by atoms with Crippen LogP contribution in [-0.2, 0) is 0 Å². The average Bonchev–Trinajstić information content (AvgIpc) is 2.02. The molecule has 0 fully saturated rings. The van der Waals surface area contributed by atoms with Crippen molar-refractivity contribution in [3.8, 4) is 0 Å². The van der Waals surface area contributed by atoms with E-state index >= 15 is 0 Å². The van der Waals surface area contributed by atoms with Crippen molar-refractivity contribution in [2.24, 2.45) is 0 Å². The zero-order chi connectivity index (χ0) is 9.23. The molecule has 0 heterocycles. The van der Waals surface area contributed by atoms with E-state index < -0.39 is 0 Å². The highest BCUT2D eigenvalue weighted by atomic mass is 35.5. The smallest absolute Gasteiger partial charge is 0.0307 e. The largest absolute Gasteiger partial charge is 0.312 e. The minimum Gasteiger partial charge on any atom is -0.312 e. The molecular weight excluding hydrogens is 170 g/mol. The zero-order valence-corrected chi connectivity index (χ0v) is 8.79. The number of unbranched alkanes of at least 4 members (excludes halogenated alkanes) is 4. The van der Waals surface area contributed by atoms with E-state index in [9.17, 15) is 0 Å². The Balaban J connectivity index is 2.86. The van der Waals surface area contributed by atoms with Crippen molar-refractivity contribution in [2.75, 3.05) is 13.1 Å². The predicted octanol–water partition coefficient (Wildman–Crippen LogP) is 3.30. The molecule has 0 aliphatic rings. The molecule has 0 aliphatic heterocycles. The van der Waals surface area contributed by atoms with Gasteiger partial charge in [-0.25, -0.2) is 0 Å². The topological polar surface area (TPSA) is 12.0 Å². The van der Waals surface area contributed by atoms with Gasteiger partial charge in [-0.15, -0.1) is 0 Å². The van der Waals surface area contributed by atoms with Crippen LogP contribution in [-0.4, -0.2) is 13.1 Å². The third kappa shape index (κ3) is 9.99. The van der Waals surface area contributed by atoms with E-state index in [0.29, 0.717) is 5.03 Å². The van der Waals surface area contributed by atoms with Gasteiger partial charge in [-0.05, 0) is 13.0 Å². The molecule has 0 saturated carbocycles. The summed E-state index contributed by atoms with van der Waals surface area (Å²) in [4.78, 5) is 0. The number of nitrogens with one attached hydrogen (secondary N) is 1. The minimum absolute atomic E-state index is 0.698. The average molecular weight is 190 g/mol. The van der Waals surface area contributed by atoms with Crippen LogP contribution < -0.4 is 5.32 Å². The van der Waals surface area contributed by atoms with Gasteiger partial charge in [-0.3, -0.25) is 0 Å². The monoisotopic (exact) mass is 189 g/mol. The summed E-state index contributed by atoms with van der Waals surface area (Å²) in [7, 11) is 0. The van der Waals surface area contributed by atoms with Gasteiger partial charge in [0, 0.05) is 11.6 Å². The first-order valence-corrected chi connectivity index (χ1v) is 5.19. The molecule has 0 spiro atoms. The summed E-state index contributed by atoms with van der Waals surface area (Å²) in [5, 5.41) is 3.93. The van der Waals surface area contributed by atoms with Gasteiger partial charge >= 0.3 is 0 Å². The van der Waals surface area contributed by atoms with Crippen molar-refractivity contribution in [2.45, 2.75) is 39.0 Å². The van der Waals surface area contributed by atoms with Gasteiger partial charge in [0.2, 0.25) is 0 Å². The maximum absolute atomic E-state index is 5.58. The van der Waals surface area contributed by atoms with Crippen LogP contribution >= 0.6 is 11.6 Å². The molecule has 2 heteroatoms. The van der Waals surface area contributed by atoms with Crippen LogP contribution in [0.2, 0.25) is 0 Å². The second kappa shape index (κ2) is 9.08. The van der Waals surface area contributed by atoms with Crippen LogP contribution in [0.1, 0.15) is 39.0 Å². The van der Waals surface area contributed by atoms with Crippen molar-refractivity contribution in [3.05, 3.63) is 11.6 Å². The Morgan fingerprint density at radius 2 is 1.92 bits per heavy atom. The first-order chi connectivity index (χ1) is 5.77. The molecule has 12 heavy (non-hydrogen) atoms. The lowest BCUT2D eigenvalue weighted by atomic mass is 10.1. The molecule has 0 aromatic carbocycles. The summed E-state index contributed by atoms with van der Waals surface area (Å²) < 4.78 is 0. The molecule has 1 nitrogen and oxygen atoms in total. The van der Waals surface area contributed by atoms with Gasteiger partial charge in [-0.1, -0.05) is 50.8 Å². The molecule has 0 unspecified atom stereocenters. The van der Waals surface area contributed by atoms with E-state index in [1.807, 2.05) is 0 Å². The number of halogens is 1. The highest BCUT2D eigenvalue weighted by Crippen LogP contribution is 2.01. The lowest BCUT2D eigenvalue weighted by Crippen LogP contribution is -2.16. The second-order valence-corrected chi connectivity index (χ2v) is 3.64. The first-order valence-electron chi connectivity index (χ1n) is 4.81. The summed E-state index contributed by atoms with van der Waals surface area (Å²) in [6, 6.07) is 0. The van der Waals surface area contributed by atoms with Gasteiger partial charge in [-0.2, -0.15) is 0 Å². The van der Waals surface area contributed by atoms with Crippen molar-refractivity contribution in [1.29, 1.82) is 0 Å². The maximum atomic E-state index is 5.58. The first kappa shape index (κ1) is 12.0. The van der Waals surface area contributed by atoms with Gasteiger partial charge in [0.25, 0.3) is 0 Å². The van der Waals surface area contributed by atoms with Gasteiger partial charge in [0.05, 0.1) is 0 Å². The van der Waals surface area contributed by atoms with Crippen LogP contribution in [0, 0.1) is 0 Å². The number of rotatable bonds is 8. The Labute approximate surface area is 81.2 Å². The summed E-state index contributed by atoms with van der Waals surface area (Å²) in [6.07, 6.45) is 6.62. The summed E-state index contributed by atoms with van der Waals surface area (Å²) in [5.41, 5.74) is 0. The maximum Gasteiger partial charge on any atom is 0.0307 e. The summed E-state index contributed by atoms with van der Waals surface area (Å²) >= 11 is 5.58. The fraction of sp³-hybridized carbons (Fsp3) is 0.800. The van der Waals surface area contributed by atoms with E-state index in [4.69, 9.17) is 11.6 Å². The standard InChI is InChI=1S/C10H20ClN/c1-3-4-5-6-7-8-12-9-10(2)11/h12H,2-9H2,1H3. The van der Waals surface area contributed by atoms with Crippen LogP contribution in [0.15, 0.2) is 11.6 Å². The molecule has 0 bridgehead atoms. The van der Waals surface area contributed by atoms with E-state index in [1.165, 1.54) is 32.1 Å². The van der Waals surface area contributed by atoms with Crippen molar-refractivity contribution >= 4 is 11.6 Å². The van der Waals surface area contributed by atoms with Crippen LogP contribution in [0.4, 0.5) is 0 Å². The molecule has 72 valence electrons. The minimum atomic E-state index is 0.698. The van der Waals surface area contributed by atoms with E-state index in [2.05, 4.69) is 18.8 Å². The van der Waals surface area contributed by atoms with Gasteiger partial charge in [0.1, 0.15) is 0 Å². The van der Waals surface area contributed by atoms with E-state index in [-0.39, 0.29) is 0 Å². The quantitative estimate of drug-likeness (QED) is 0.578. The second-order valence-electron chi connectivity index (χ2n) is 3.11. The van der Waals surface area contributed by atoms with E-state index in [0.717, 1.165) is 13.1 Å². The summed E-state index contributed by atoms with van der Waals surface area (Å²) in [5.74, 6) is 0. The molecule has 0 radical (unpaired) electrons. The summed E-state index contributed by atoms with van der Waals surface area (Å²) in [6.45, 7) is 7.65. The van der Waals surface area contributed by atoms with Gasteiger partial charge in [0.15, 0.2) is 0 Å². The van der Waals surface area contributed by atoms with Crippen LogP contribution in [0.5, 0.6) is 0 Å². The van der Waals surface area contributed by atoms with Crippen LogP contribution in [0.3, 0.4) is 0 Å². The molecule has 1 N–H and O–H groups in total. The molecule has 0 saturated heterocycles. The molecule has 0 aromatic rings.